The number of hydrogen-bond donors (Lipinski definition) is 2. The number of aliphatic carboxylic acids is 1. The largest absolute Gasteiger partial charge is 0.481 e. The Kier molecular flexibility index (Phi) is 5.73. The summed E-state index contributed by atoms with van der Waals surface area (Å²) in [7, 11) is 0. The zero-order valence-electron chi connectivity index (χ0n) is 16.8. The van der Waals surface area contributed by atoms with Crippen LogP contribution >= 0.6 is 0 Å². The molecular weight excluding hydrogens is 338 g/mol. The molecule has 0 aliphatic heterocycles. The van der Waals surface area contributed by atoms with Crippen LogP contribution in [-0.4, -0.2) is 17.0 Å². The maximum atomic E-state index is 13.1. The van der Waals surface area contributed by atoms with E-state index in [9.17, 15) is 14.7 Å². The van der Waals surface area contributed by atoms with Crippen molar-refractivity contribution >= 4 is 11.9 Å². The van der Waals surface area contributed by atoms with Crippen molar-refractivity contribution in [2.45, 2.75) is 59.4 Å². The molecule has 0 spiro atoms. The summed E-state index contributed by atoms with van der Waals surface area (Å²) in [6.07, 6.45) is 3.98. The lowest BCUT2D eigenvalue weighted by Gasteiger charge is -2.28. The zero-order valence-corrected chi connectivity index (χ0v) is 16.8. The fourth-order valence-corrected chi connectivity index (χ4v) is 5.26. The standard InChI is InChI=1S/C23H31NO3/c1-5-6-15-7-9-16(10-8-15)14(4)24-22(25)20-17-11-12-18(19(17)13(2)3)21(20)23(26)27/h7-10,14,17-18,20-21H,5-6,11-12H2,1-4H3,(H,24,25)(H,26,27)/t14-,17-,18-,20+,21-/m0/s1. The number of rotatable bonds is 6. The molecule has 4 nitrogen and oxygen atoms in total. The number of fused-ring (bicyclic) bond motifs is 2. The molecule has 4 heteroatoms. The van der Waals surface area contributed by atoms with Crippen LogP contribution in [0.25, 0.3) is 0 Å². The Labute approximate surface area is 162 Å². The second kappa shape index (κ2) is 7.87. The first-order chi connectivity index (χ1) is 12.8. The molecule has 1 amide bonds. The first-order valence-electron chi connectivity index (χ1n) is 10.1. The van der Waals surface area contributed by atoms with Crippen molar-refractivity contribution in [1.29, 1.82) is 0 Å². The summed E-state index contributed by atoms with van der Waals surface area (Å²) in [6.45, 7) is 8.21. The highest BCUT2D eigenvalue weighted by Gasteiger charge is 2.57. The van der Waals surface area contributed by atoms with E-state index >= 15 is 0 Å². The van der Waals surface area contributed by atoms with Crippen LogP contribution in [0.15, 0.2) is 35.4 Å². The number of allylic oxidation sites excluding steroid dienone is 2. The molecule has 2 N–H and O–H groups in total. The minimum atomic E-state index is -0.835. The van der Waals surface area contributed by atoms with Gasteiger partial charge in [0.05, 0.1) is 17.9 Å². The predicted molar refractivity (Wildman–Crippen MR) is 106 cm³/mol. The van der Waals surface area contributed by atoms with E-state index in [2.05, 4.69) is 36.5 Å². The summed E-state index contributed by atoms with van der Waals surface area (Å²) in [5, 5.41) is 12.9. The highest BCUT2D eigenvalue weighted by molar-refractivity contribution is 5.87. The zero-order chi connectivity index (χ0) is 19.7. The number of benzene rings is 1. The third-order valence-corrected chi connectivity index (χ3v) is 6.38. The van der Waals surface area contributed by atoms with Gasteiger partial charge < -0.3 is 10.4 Å². The van der Waals surface area contributed by atoms with Crippen LogP contribution < -0.4 is 5.32 Å². The maximum absolute atomic E-state index is 13.1. The highest BCUT2D eigenvalue weighted by Crippen LogP contribution is 2.57. The predicted octanol–water partition coefficient (Wildman–Crippen LogP) is 4.51. The van der Waals surface area contributed by atoms with Crippen LogP contribution in [0.2, 0.25) is 0 Å². The molecule has 2 saturated carbocycles. The van der Waals surface area contributed by atoms with E-state index in [1.165, 1.54) is 16.7 Å². The van der Waals surface area contributed by atoms with E-state index in [-0.39, 0.29) is 23.8 Å². The highest BCUT2D eigenvalue weighted by atomic mass is 16.4. The monoisotopic (exact) mass is 369 g/mol. The van der Waals surface area contributed by atoms with Gasteiger partial charge in [0.25, 0.3) is 0 Å². The van der Waals surface area contributed by atoms with E-state index in [1.54, 1.807) is 0 Å². The van der Waals surface area contributed by atoms with Crippen LogP contribution in [0.3, 0.4) is 0 Å². The van der Waals surface area contributed by atoms with Gasteiger partial charge in [0.2, 0.25) is 5.91 Å². The van der Waals surface area contributed by atoms with Crippen molar-refractivity contribution in [3.8, 4) is 0 Å². The summed E-state index contributed by atoms with van der Waals surface area (Å²) >= 11 is 0. The van der Waals surface area contributed by atoms with Gasteiger partial charge >= 0.3 is 5.97 Å². The van der Waals surface area contributed by atoms with Crippen molar-refractivity contribution < 1.29 is 14.7 Å². The second-order valence-corrected chi connectivity index (χ2v) is 8.36. The molecule has 0 saturated heterocycles. The van der Waals surface area contributed by atoms with E-state index in [1.807, 2.05) is 20.8 Å². The van der Waals surface area contributed by atoms with Crippen molar-refractivity contribution in [2.75, 3.05) is 0 Å². The maximum Gasteiger partial charge on any atom is 0.307 e. The van der Waals surface area contributed by atoms with Crippen molar-refractivity contribution in [3.63, 3.8) is 0 Å². The fourth-order valence-electron chi connectivity index (χ4n) is 5.26. The molecule has 0 radical (unpaired) electrons. The molecule has 2 aliphatic carbocycles. The van der Waals surface area contributed by atoms with Gasteiger partial charge in [0.15, 0.2) is 0 Å². The van der Waals surface area contributed by atoms with Gasteiger partial charge in [0, 0.05) is 0 Å². The number of carboxylic acids is 1. The Balaban J connectivity index is 1.76. The van der Waals surface area contributed by atoms with Crippen molar-refractivity contribution in [3.05, 3.63) is 46.5 Å². The molecule has 2 aliphatic rings. The quantitative estimate of drug-likeness (QED) is 0.725. The summed E-state index contributed by atoms with van der Waals surface area (Å²) in [5.74, 6) is -1.88. The molecule has 27 heavy (non-hydrogen) atoms. The average molecular weight is 370 g/mol. The third-order valence-electron chi connectivity index (χ3n) is 6.38. The number of carbonyl (C=O) groups is 2. The van der Waals surface area contributed by atoms with Gasteiger partial charge in [-0.3, -0.25) is 9.59 Å². The lowest BCUT2D eigenvalue weighted by molar-refractivity contribution is -0.149. The number of carbonyl (C=O) groups excluding carboxylic acids is 1. The van der Waals surface area contributed by atoms with Crippen LogP contribution in [0.4, 0.5) is 0 Å². The molecule has 146 valence electrons. The summed E-state index contributed by atoms with van der Waals surface area (Å²) < 4.78 is 0. The number of carboxylic acid groups (broad SMARTS) is 1. The molecule has 5 atom stereocenters. The molecule has 1 aromatic rings. The fraction of sp³-hybridized carbons (Fsp3) is 0.565. The number of hydrogen-bond acceptors (Lipinski definition) is 2. The first-order valence-corrected chi connectivity index (χ1v) is 10.1. The van der Waals surface area contributed by atoms with Gasteiger partial charge in [0.1, 0.15) is 0 Å². The Morgan fingerprint density at radius 1 is 1.11 bits per heavy atom. The molecule has 2 bridgehead atoms. The molecule has 0 heterocycles. The number of aryl methyl sites for hydroxylation is 1. The van der Waals surface area contributed by atoms with Crippen LogP contribution in [0.1, 0.15) is 64.1 Å². The van der Waals surface area contributed by atoms with Crippen LogP contribution in [-0.2, 0) is 16.0 Å². The lowest BCUT2D eigenvalue weighted by atomic mass is 9.78. The summed E-state index contributed by atoms with van der Waals surface area (Å²) in [5.41, 5.74) is 4.76. The Morgan fingerprint density at radius 2 is 1.70 bits per heavy atom. The van der Waals surface area contributed by atoms with E-state index in [0.717, 1.165) is 31.2 Å². The molecule has 0 unspecified atom stereocenters. The first kappa shape index (κ1) is 19.7. The lowest BCUT2D eigenvalue weighted by Crippen LogP contribution is -2.42. The number of amides is 1. The number of nitrogens with one attached hydrogen (secondary N) is 1. The van der Waals surface area contributed by atoms with Crippen molar-refractivity contribution in [1.82, 2.24) is 5.32 Å². The van der Waals surface area contributed by atoms with Gasteiger partial charge in [-0.25, -0.2) is 0 Å². The smallest absolute Gasteiger partial charge is 0.307 e. The normalized spacial score (nSPS) is 27.5. The van der Waals surface area contributed by atoms with Gasteiger partial charge in [-0.2, -0.15) is 0 Å². The molecule has 1 aromatic carbocycles. The topological polar surface area (TPSA) is 66.4 Å². The van der Waals surface area contributed by atoms with Crippen LogP contribution in [0, 0.1) is 23.7 Å². The Hall–Kier alpha value is -2.10. The van der Waals surface area contributed by atoms with Crippen LogP contribution in [0.5, 0.6) is 0 Å². The van der Waals surface area contributed by atoms with E-state index < -0.39 is 17.8 Å². The minimum Gasteiger partial charge on any atom is -0.481 e. The van der Waals surface area contributed by atoms with Gasteiger partial charge in [-0.15, -0.1) is 0 Å². The molecular formula is C23H31NO3. The van der Waals surface area contributed by atoms with Crippen molar-refractivity contribution in [2.24, 2.45) is 23.7 Å². The van der Waals surface area contributed by atoms with E-state index in [0.29, 0.717) is 0 Å². The SMILES string of the molecule is CCCc1ccc([C@H](C)NC(=O)[C@H]2[C@@H](C(=O)O)[C@H]3CC[C@H]2C3=C(C)C)cc1. The molecule has 2 fully saturated rings. The van der Waals surface area contributed by atoms with Gasteiger partial charge in [-0.1, -0.05) is 48.8 Å². The summed E-state index contributed by atoms with van der Waals surface area (Å²) in [4.78, 5) is 25.0. The Bertz CT molecular complexity index is 745. The summed E-state index contributed by atoms with van der Waals surface area (Å²) in [6, 6.07) is 8.22. The molecule has 3 rings (SSSR count). The molecule has 0 aromatic heterocycles. The van der Waals surface area contributed by atoms with E-state index in [4.69, 9.17) is 0 Å². The minimum absolute atomic E-state index is 0.0249. The second-order valence-electron chi connectivity index (χ2n) is 8.36. The third kappa shape index (κ3) is 3.67. The average Bonchev–Trinajstić information content (AvgIpc) is 3.18. The Morgan fingerprint density at radius 3 is 2.22 bits per heavy atom. The van der Waals surface area contributed by atoms with Gasteiger partial charge in [-0.05, 0) is 63.0 Å².